The Morgan fingerprint density at radius 2 is 1.05 bits per heavy atom. The Morgan fingerprint density at radius 1 is 0.575 bits per heavy atom. The van der Waals surface area contributed by atoms with Crippen LogP contribution in [-0.2, 0) is 19.8 Å². The van der Waals surface area contributed by atoms with Crippen molar-refractivity contribution in [2.75, 3.05) is 19.8 Å². The number of hydrogen-bond acceptors (Lipinski definition) is 5. The van der Waals surface area contributed by atoms with Crippen LogP contribution in [0.1, 0.15) is 27.2 Å². The van der Waals surface area contributed by atoms with Crippen molar-refractivity contribution in [2.45, 2.75) is 39.8 Å². The largest absolute Gasteiger partial charge is 0.500 e. The Morgan fingerprint density at radius 3 is 1.50 bits per heavy atom. The van der Waals surface area contributed by atoms with Crippen LogP contribution in [0.2, 0.25) is 6.04 Å². The maximum absolute atomic E-state index is 14.0. The molecule has 0 fully saturated rings. The van der Waals surface area contributed by atoms with Gasteiger partial charge in [0.25, 0.3) is 11.1 Å². The molecule has 0 saturated heterocycles. The summed E-state index contributed by atoms with van der Waals surface area (Å²) in [4.78, 5) is 28.1. The lowest BCUT2D eigenvalue weighted by Crippen LogP contribution is -2.46. The summed E-state index contributed by atoms with van der Waals surface area (Å²) in [5.41, 5.74) is -0.455. The summed E-state index contributed by atoms with van der Waals surface area (Å²) < 4.78 is 19.4. The Hall–Kier alpha value is -3.62. The van der Waals surface area contributed by atoms with Gasteiger partial charge in [-0.2, -0.15) is 0 Å². The Balaban J connectivity index is 1.48. The van der Waals surface area contributed by atoms with Crippen molar-refractivity contribution in [2.24, 2.45) is 0 Å². The standard InChI is InChI=1S/C33H31NO5Si/c1-4-37-40(38-5-2,39-6-3)19-9-18-34-32(35)30-24-16-14-20-10-7-12-22-23-13-8-11-21-15-17-25(31(30)33(34)36)29(27(21)23)28(24)26(20)22/h7-8,10-17H,4-6,9,18-19H2,1-3H3. The molecule has 0 aliphatic carbocycles. The third-order valence-corrected chi connectivity index (χ3v) is 11.4. The molecule has 0 unspecified atom stereocenters. The van der Waals surface area contributed by atoms with E-state index in [4.69, 9.17) is 13.3 Å². The van der Waals surface area contributed by atoms with Crippen molar-refractivity contribution in [1.29, 1.82) is 0 Å². The summed E-state index contributed by atoms with van der Waals surface area (Å²) in [5, 5.41) is 11.8. The first-order valence-corrected chi connectivity index (χ1v) is 16.1. The lowest BCUT2D eigenvalue weighted by Gasteiger charge is -2.28. The first-order chi connectivity index (χ1) is 19.5. The van der Waals surface area contributed by atoms with Gasteiger partial charge in [-0.15, -0.1) is 0 Å². The second-order valence-electron chi connectivity index (χ2n) is 10.4. The van der Waals surface area contributed by atoms with E-state index in [0.29, 0.717) is 43.1 Å². The summed E-state index contributed by atoms with van der Waals surface area (Å²) >= 11 is 0. The number of fused-ring (bicyclic) bond motifs is 4. The van der Waals surface area contributed by atoms with Gasteiger partial charge in [0, 0.05) is 32.4 Å². The van der Waals surface area contributed by atoms with Crippen molar-refractivity contribution < 1.29 is 13.3 Å². The number of hydrogen-bond donors (Lipinski definition) is 0. The number of aromatic nitrogens is 1. The Bertz CT molecular complexity index is 1980. The van der Waals surface area contributed by atoms with E-state index in [2.05, 4.69) is 48.5 Å². The summed E-state index contributed by atoms with van der Waals surface area (Å²) in [5.74, 6) is 0. The van der Waals surface area contributed by atoms with Gasteiger partial charge >= 0.3 is 8.80 Å². The maximum atomic E-state index is 14.0. The minimum atomic E-state index is -2.88. The molecule has 0 saturated carbocycles. The van der Waals surface area contributed by atoms with E-state index < -0.39 is 8.80 Å². The normalized spacial score (nSPS) is 13.0. The van der Waals surface area contributed by atoms with Gasteiger partial charge in [-0.25, -0.2) is 0 Å². The van der Waals surface area contributed by atoms with Crippen molar-refractivity contribution in [1.82, 2.24) is 4.57 Å². The number of rotatable bonds is 10. The second kappa shape index (κ2) is 9.49. The van der Waals surface area contributed by atoms with Gasteiger partial charge in [-0.1, -0.05) is 60.7 Å². The highest BCUT2D eigenvalue weighted by molar-refractivity contribution is 6.60. The zero-order valence-corrected chi connectivity index (χ0v) is 24.0. The molecule has 40 heavy (non-hydrogen) atoms. The highest BCUT2D eigenvalue weighted by atomic mass is 28.4. The predicted molar refractivity (Wildman–Crippen MR) is 166 cm³/mol. The summed E-state index contributed by atoms with van der Waals surface area (Å²) in [6, 6.07) is 21.5. The number of nitrogens with zero attached hydrogens (tertiary/aromatic N) is 1. The van der Waals surface area contributed by atoms with E-state index in [0.717, 1.165) is 43.1 Å². The van der Waals surface area contributed by atoms with Crippen LogP contribution in [0, 0.1) is 0 Å². The third kappa shape index (κ3) is 3.45. The van der Waals surface area contributed by atoms with E-state index in [1.54, 1.807) is 0 Å². The van der Waals surface area contributed by atoms with Crippen LogP contribution in [0.3, 0.4) is 0 Å². The minimum absolute atomic E-state index is 0.228. The van der Waals surface area contributed by atoms with Gasteiger partial charge in [-0.3, -0.25) is 14.2 Å². The molecule has 0 atom stereocenters. The Labute approximate surface area is 232 Å². The van der Waals surface area contributed by atoms with Crippen LogP contribution < -0.4 is 11.1 Å². The predicted octanol–water partition coefficient (Wildman–Crippen LogP) is 6.88. The molecule has 0 amide bonds. The quantitative estimate of drug-likeness (QED) is 0.106. The molecule has 0 spiro atoms. The van der Waals surface area contributed by atoms with Gasteiger partial charge in [-0.05, 0) is 81.1 Å². The molecule has 7 aromatic rings. The summed E-state index contributed by atoms with van der Waals surface area (Å²) in [6.07, 6.45) is 0.549. The molecule has 0 aliphatic heterocycles. The van der Waals surface area contributed by atoms with Crippen molar-refractivity contribution in [3.05, 3.63) is 81.4 Å². The van der Waals surface area contributed by atoms with Crippen LogP contribution in [-0.4, -0.2) is 33.2 Å². The van der Waals surface area contributed by atoms with Crippen LogP contribution >= 0.6 is 0 Å². The fourth-order valence-electron chi connectivity index (χ4n) is 6.88. The van der Waals surface area contributed by atoms with Crippen LogP contribution in [0.15, 0.2) is 70.3 Å². The lowest BCUT2D eigenvalue weighted by atomic mass is 9.84. The zero-order valence-electron chi connectivity index (χ0n) is 23.0. The first kappa shape index (κ1) is 25.4. The van der Waals surface area contributed by atoms with Crippen LogP contribution in [0.5, 0.6) is 0 Å². The molecular formula is C33H31NO5Si. The van der Waals surface area contributed by atoms with E-state index >= 15 is 0 Å². The van der Waals surface area contributed by atoms with E-state index in [9.17, 15) is 9.59 Å². The minimum Gasteiger partial charge on any atom is -0.374 e. The fourth-order valence-corrected chi connectivity index (χ4v) is 9.47. The van der Waals surface area contributed by atoms with Crippen molar-refractivity contribution in [3.8, 4) is 0 Å². The van der Waals surface area contributed by atoms with E-state index in [1.165, 1.54) is 15.3 Å². The first-order valence-electron chi connectivity index (χ1n) is 14.2. The third-order valence-electron chi connectivity index (χ3n) is 8.30. The molecule has 1 heterocycles. The topological polar surface area (TPSA) is 66.8 Å². The highest BCUT2D eigenvalue weighted by Crippen LogP contribution is 2.46. The molecule has 6 aromatic carbocycles. The molecular weight excluding hydrogens is 518 g/mol. The van der Waals surface area contributed by atoms with Crippen molar-refractivity contribution >= 4 is 73.4 Å². The molecule has 0 bridgehead atoms. The Kier molecular flexibility index (Phi) is 6.01. The second-order valence-corrected chi connectivity index (χ2v) is 13.1. The molecule has 7 rings (SSSR count). The van der Waals surface area contributed by atoms with Crippen LogP contribution in [0.25, 0.3) is 64.6 Å². The van der Waals surface area contributed by atoms with Gasteiger partial charge in [0.15, 0.2) is 0 Å². The average molecular weight is 550 g/mol. The van der Waals surface area contributed by atoms with Gasteiger partial charge in [0.1, 0.15) is 0 Å². The monoisotopic (exact) mass is 549 g/mol. The molecule has 202 valence electrons. The fraction of sp³-hybridized carbons (Fsp3) is 0.273. The molecule has 0 N–H and O–H groups in total. The van der Waals surface area contributed by atoms with E-state index in [-0.39, 0.29) is 17.7 Å². The summed E-state index contributed by atoms with van der Waals surface area (Å²) in [7, 11) is -2.88. The van der Waals surface area contributed by atoms with Gasteiger partial charge in [0.2, 0.25) is 0 Å². The molecule has 6 nitrogen and oxygen atoms in total. The highest BCUT2D eigenvalue weighted by Gasteiger charge is 2.39. The SMILES string of the molecule is CCO[Si](CCCn1c(=O)c2c3ccc4cccc5c6cccc7ccc(c2c1=O)c(c76)c3c45)(OCC)OCC. The maximum Gasteiger partial charge on any atom is 0.500 e. The van der Waals surface area contributed by atoms with Crippen molar-refractivity contribution in [3.63, 3.8) is 0 Å². The molecule has 1 aromatic heterocycles. The lowest BCUT2D eigenvalue weighted by molar-refractivity contribution is 0.0705. The van der Waals surface area contributed by atoms with Gasteiger partial charge < -0.3 is 13.3 Å². The van der Waals surface area contributed by atoms with Gasteiger partial charge in [0.05, 0.1) is 10.8 Å². The number of benzene rings is 6. The zero-order chi connectivity index (χ0) is 27.6. The molecule has 0 radical (unpaired) electrons. The smallest absolute Gasteiger partial charge is 0.374 e. The summed E-state index contributed by atoms with van der Waals surface area (Å²) in [6.45, 7) is 7.54. The van der Waals surface area contributed by atoms with Crippen LogP contribution in [0.4, 0.5) is 0 Å². The van der Waals surface area contributed by atoms with E-state index in [1.807, 2.05) is 32.9 Å². The average Bonchev–Trinajstić information content (AvgIpc) is 3.21. The molecule has 7 heteroatoms. The molecule has 0 aliphatic rings.